The summed E-state index contributed by atoms with van der Waals surface area (Å²) in [5.41, 5.74) is 5.54. The predicted molar refractivity (Wildman–Crippen MR) is 80.3 cm³/mol. The molecule has 98 valence electrons. The Morgan fingerprint density at radius 2 is 2.17 bits per heavy atom. The Hall–Kier alpha value is -0.950. The van der Waals surface area contributed by atoms with Gasteiger partial charge in [-0.3, -0.25) is 0 Å². The molecule has 2 rings (SSSR count). The van der Waals surface area contributed by atoms with Crippen molar-refractivity contribution in [2.24, 2.45) is 0 Å². The highest BCUT2D eigenvalue weighted by molar-refractivity contribution is 6.18. The molecule has 0 atom stereocenters. The van der Waals surface area contributed by atoms with Crippen molar-refractivity contribution in [2.45, 2.75) is 45.4 Å². The van der Waals surface area contributed by atoms with Gasteiger partial charge in [0.15, 0.2) is 0 Å². The first kappa shape index (κ1) is 13.5. The van der Waals surface area contributed by atoms with Crippen LogP contribution in [-0.2, 0) is 6.42 Å². The Labute approximate surface area is 115 Å². The molecule has 0 spiro atoms. The number of benzene rings is 1. The third-order valence-corrected chi connectivity index (χ3v) is 3.68. The summed E-state index contributed by atoms with van der Waals surface area (Å²) < 4.78 is 0. The number of hydrogen-bond acceptors (Lipinski definition) is 1. The molecule has 18 heavy (non-hydrogen) atoms. The molecule has 1 N–H and O–H groups in total. The van der Waals surface area contributed by atoms with Crippen LogP contribution in [0.1, 0.15) is 44.6 Å². The van der Waals surface area contributed by atoms with Crippen molar-refractivity contribution in [1.29, 1.82) is 0 Å². The van der Waals surface area contributed by atoms with Crippen LogP contribution in [0.15, 0.2) is 35.5 Å². The fourth-order valence-electron chi connectivity index (χ4n) is 2.34. The maximum Gasteiger partial charge on any atom is 0.0384 e. The summed E-state index contributed by atoms with van der Waals surface area (Å²) in [7, 11) is 0. The Morgan fingerprint density at radius 3 is 2.78 bits per heavy atom. The fourth-order valence-corrected chi connectivity index (χ4v) is 2.53. The first-order chi connectivity index (χ1) is 8.83. The lowest BCUT2D eigenvalue weighted by Gasteiger charge is -2.23. The Balaban J connectivity index is 2.08. The lowest BCUT2D eigenvalue weighted by Crippen LogP contribution is -2.10. The van der Waals surface area contributed by atoms with E-state index < -0.39 is 0 Å². The van der Waals surface area contributed by atoms with E-state index in [1.165, 1.54) is 42.6 Å². The summed E-state index contributed by atoms with van der Waals surface area (Å²) in [6.07, 6.45) is 7.12. The molecule has 0 aliphatic heterocycles. The molecule has 1 aliphatic rings. The van der Waals surface area contributed by atoms with E-state index in [1.54, 1.807) is 5.57 Å². The molecule has 0 unspecified atom stereocenters. The first-order valence-electron chi connectivity index (χ1n) is 6.96. The SMILES string of the molecule is CCCc1cccc(NC(CCCl)=C2CCC2)c1. The minimum atomic E-state index is 0.695. The maximum atomic E-state index is 5.89. The molecule has 0 bridgehead atoms. The van der Waals surface area contributed by atoms with Gasteiger partial charge < -0.3 is 5.32 Å². The highest BCUT2D eigenvalue weighted by Crippen LogP contribution is 2.31. The van der Waals surface area contributed by atoms with E-state index in [2.05, 4.69) is 36.5 Å². The zero-order valence-electron chi connectivity index (χ0n) is 11.1. The van der Waals surface area contributed by atoms with Crippen molar-refractivity contribution < 1.29 is 0 Å². The Morgan fingerprint density at radius 1 is 1.33 bits per heavy atom. The number of nitrogens with one attached hydrogen (secondary N) is 1. The fraction of sp³-hybridized carbons (Fsp3) is 0.500. The van der Waals surface area contributed by atoms with Gasteiger partial charge in [0.05, 0.1) is 0 Å². The first-order valence-corrected chi connectivity index (χ1v) is 7.49. The van der Waals surface area contributed by atoms with Crippen molar-refractivity contribution in [1.82, 2.24) is 0 Å². The summed E-state index contributed by atoms with van der Waals surface area (Å²) in [6, 6.07) is 8.74. The third-order valence-electron chi connectivity index (χ3n) is 3.49. The lowest BCUT2D eigenvalue weighted by atomic mass is 9.89. The van der Waals surface area contributed by atoms with Crippen molar-refractivity contribution in [3.05, 3.63) is 41.1 Å². The van der Waals surface area contributed by atoms with Crippen LogP contribution >= 0.6 is 11.6 Å². The second kappa shape index (κ2) is 6.84. The van der Waals surface area contributed by atoms with Crippen LogP contribution in [0.25, 0.3) is 0 Å². The zero-order chi connectivity index (χ0) is 12.8. The van der Waals surface area contributed by atoms with Crippen LogP contribution in [-0.4, -0.2) is 5.88 Å². The quantitative estimate of drug-likeness (QED) is 0.703. The van der Waals surface area contributed by atoms with E-state index in [0.29, 0.717) is 5.88 Å². The average molecular weight is 264 g/mol. The van der Waals surface area contributed by atoms with Crippen LogP contribution in [0, 0.1) is 0 Å². The van der Waals surface area contributed by atoms with Gasteiger partial charge in [-0.2, -0.15) is 0 Å². The van der Waals surface area contributed by atoms with E-state index in [1.807, 2.05) is 0 Å². The molecule has 0 aromatic heterocycles. The van der Waals surface area contributed by atoms with Crippen molar-refractivity contribution >= 4 is 17.3 Å². The second-order valence-corrected chi connectivity index (χ2v) is 5.33. The molecular formula is C16H22ClN. The van der Waals surface area contributed by atoms with Gasteiger partial charge in [-0.15, -0.1) is 11.6 Å². The second-order valence-electron chi connectivity index (χ2n) is 4.95. The molecule has 1 aliphatic carbocycles. The number of alkyl halides is 1. The summed E-state index contributed by atoms with van der Waals surface area (Å²) >= 11 is 5.89. The summed E-state index contributed by atoms with van der Waals surface area (Å²) in [4.78, 5) is 0. The Kier molecular flexibility index (Phi) is 5.12. The molecule has 0 amide bonds. The largest absolute Gasteiger partial charge is 0.359 e. The molecule has 1 aromatic rings. The van der Waals surface area contributed by atoms with Gasteiger partial charge in [0.1, 0.15) is 0 Å². The van der Waals surface area contributed by atoms with Gasteiger partial charge in [-0.1, -0.05) is 31.1 Å². The van der Waals surface area contributed by atoms with Gasteiger partial charge in [0.2, 0.25) is 0 Å². The molecule has 0 radical (unpaired) electrons. The summed E-state index contributed by atoms with van der Waals surface area (Å²) in [6.45, 7) is 2.22. The van der Waals surface area contributed by atoms with E-state index in [0.717, 1.165) is 12.8 Å². The molecule has 1 saturated carbocycles. The molecule has 1 nitrogen and oxygen atoms in total. The molecule has 0 saturated heterocycles. The van der Waals surface area contributed by atoms with Crippen LogP contribution in [0.3, 0.4) is 0 Å². The molecule has 1 aromatic carbocycles. The monoisotopic (exact) mass is 263 g/mol. The van der Waals surface area contributed by atoms with Crippen molar-refractivity contribution in [3.8, 4) is 0 Å². The number of anilines is 1. The smallest absolute Gasteiger partial charge is 0.0384 e. The van der Waals surface area contributed by atoms with Crippen molar-refractivity contribution in [2.75, 3.05) is 11.2 Å². The van der Waals surface area contributed by atoms with Crippen LogP contribution < -0.4 is 5.32 Å². The number of aryl methyl sites for hydroxylation is 1. The highest BCUT2D eigenvalue weighted by Gasteiger charge is 2.14. The van der Waals surface area contributed by atoms with Crippen LogP contribution in [0.4, 0.5) is 5.69 Å². The summed E-state index contributed by atoms with van der Waals surface area (Å²) in [5, 5.41) is 3.58. The van der Waals surface area contributed by atoms with Gasteiger partial charge in [-0.05, 0) is 43.4 Å². The predicted octanol–water partition coefficient (Wildman–Crippen LogP) is 5.12. The standard InChI is InChI=1S/C16H22ClN/c1-2-5-13-6-3-9-15(12-13)18-16(10-11-17)14-7-4-8-14/h3,6,9,12,18H,2,4-5,7-8,10-11H2,1H3. The molecule has 1 fully saturated rings. The Bertz CT molecular complexity index is 417. The van der Waals surface area contributed by atoms with Crippen molar-refractivity contribution in [3.63, 3.8) is 0 Å². The lowest BCUT2D eigenvalue weighted by molar-refractivity contribution is 0.646. The van der Waals surface area contributed by atoms with E-state index in [4.69, 9.17) is 11.6 Å². The number of allylic oxidation sites excluding steroid dienone is 2. The van der Waals surface area contributed by atoms with Gasteiger partial charge in [0.25, 0.3) is 0 Å². The number of rotatable bonds is 6. The third kappa shape index (κ3) is 3.52. The highest BCUT2D eigenvalue weighted by atomic mass is 35.5. The molecule has 0 heterocycles. The van der Waals surface area contributed by atoms with Gasteiger partial charge in [0, 0.05) is 23.7 Å². The topological polar surface area (TPSA) is 12.0 Å². The van der Waals surface area contributed by atoms with Crippen LogP contribution in [0.5, 0.6) is 0 Å². The number of halogens is 1. The average Bonchev–Trinajstić information content (AvgIpc) is 2.28. The van der Waals surface area contributed by atoms with E-state index in [-0.39, 0.29) is 0 Å². The van der Waals surface area contributed by atoms with Gasteiger partial charge >= 0.3 is 0 Å². The molecule has 2 heteroatoms. The summed E-state index contributed by atoms with van der Waals surface area (Å²) in [5.74, 6) is 0.695. The maximum absolute atomic E-state index is 5.89. The number of hydrogen-bond donors (Lipinski definition) is 1. The van der Waals surface area contributed by atoms with Crippen LogP contribution in [0.2, 0.25) is 0 Å². The minimum Gasteiger partial charge on any atom is -0.359 e. The zero-order valence-corrected chi connectivity index (χ0v) is 11.9. The normalized spacial score (nSPS) is 14.2. The van der Waals surface area contributed by atoms with E-state index in [9.17, 15) is 0 Å². The van der Waals surface area contributed by atoms with Gasteiger partial charge in [-0.25, -0.2) is 0 Å². The van der Waals surface area contributed by atoms with E-state index >= 15 is 0 Å². The minimum absolute atomic E-state index is 0.695. The molecular weight excluding hydrogens is 242 g/mol.